The number of para-hydroxylation sites is 1. The molecule has 2 aromatic carbocycles. The number of anilines is 1. The average Bonchev–Trinajstić information content (AvgIpc) is 2.60. The minimum absolute atomic E-state index is 0.0164. The zero-order valence-corrected chi connectivity index (χ0v) is 15.5. The zero-order valence-electron chi connectivity index (χ0n) is 13.9. The molecule has 1 amide bonds. The van der Waals surface area contributed by atoms with Crippen molar-refractivity contribution in [1.29, 1.82) is 0 Å². The number of Topliss-reactive ketones (excluding diaryl/α,β-unsaturated/α-hetero) is 1. The number of hydrogen-bond donors (Lipinski definition) is 2. The summed E-state index contributed by atoms with van der Waals surface area (Å²) in [4.78, 5) is 23.8. The summed E-state index contributed by atoms with van der Waals surface area (Å²) in [6.45, 7) is -0.0354. The fourth-order valence-electron chi connectivity index (χ4n) is 2.18. The second-order valence-electron chi connectivity index (χ2n) is 5.57. The lowest BCUT2D eigenvalue weighted by Crippen LogP contribution is -2.31. The van der Waals surface area contributed by atoms with Gasteiger partial charge in [0.15, 0.2) is 5.78 Å². The summed E-state index contributed by atoms with van der Waals surface area (Å²) in [5, 5.41) is 2.96. The van der Waals surface area contributed by atoms with Crippen LogP contribution in [0, 0.1) is 0 Å². The van der Waals surface area contributed by atoms with E-state index in [0.717, 1.165) is 0 Å². The summed E-state index contributed by atoms with van der Waals surface area (Å²) >= 11 is 5.83. The van der Waals surface area contributed by atoms with Gasteiger partial charge in [-0.2, -0.15) is 0 Å². The van der Waals surface area contributed by atoms with E-state index in [2.05, 4.69) is 10.0 Å². The van der Waals surface area contributed by atoms with E-state index in [-0.39, 0.29) is 36.8 Å². The highest BCUT2D eigenvalue weighted by Crippen LogP contribution is 2.13. The number of benzene rings is 2. The molecule has 0 aliphatic heterocycles. The first-order valence-corrected chi connectivity index (χ1v) is 10.00. The predicted molar refractivity (Wildman–Crippen MR) is 102 cm³/mol. The van der Waals surface area contributed by atoms with Crippen LogP contribution in [0.4, 0.5) is 5.69 Å². The smallest absolute Gasteiger partial charge is 0.234 e. The minimum atomic E-state index is -3.56. The topological polar surface area (TPSA) is 92.3 Å². The molecule has 0 aliphatic rings. The normalized spacial score (nSPS) is 11.0. The third-order valence-electron chi connectivity index (χ3n) is 3.47. The third kappa shape index (κ3) is 6.85. The van der Waals surface area contributed by atoms with Crippen LogP contribution in [0.3, 0.4) is 0 Å². The standard InChI is InChI=1S/C18H19ClN2O4S/c19-15-6-4-5-14(13-15)17(22)9-10-18(23)20-11-12-26(24,25)21-16-7-2-1-3-8-16/h1-8,13,21H,9-12H2,(H,20,23). The van der Waals surface area contributed by atoms with Gasteiger partial charge in [0.2, 0.25) is 15.9 Å². The van der Waals surface area contributed by atoms with Gasteiger partial charge in [0.25, 0.3) is 0 Å². The first-order chi connectivity index (χ1) is 12.4. The van der Waals surface area contributed by atoms with Crippen LogP contribution < -0.4 is 10.0 Å². The molecular formula is C18H19ClN2O4S. The van der Waals surface area contributed by atoms with Crippen LogP contribution in [0.1, 0.15) is 23.2 Å². The predicted octanol–water partition coefficient (Wildman–Crippen LogP) is 2.86. The second-order valence-corrected chi connectivity index (χ2v) is 7.85. The van der Waals surface area contributed by atoms with Crippen LogP contribution in [0.2, 0.25) is 5.02 Å². The van der Waals surface area contributed by atoms with Gasteiger partial charge in [-0.1, -0.05) is 41.9 Å². The van der Waals surface area contributed by atoms with E-state index in [1.165, 1.54) is 0 Å². The van der Waals surface area contributed by atoms with Crippen LogP contribution >= 0.6 is 11.6 Å². The van der Waals surface area contributed by atoms with Gasteiger partial charge in [-0.05, 0) is 24.3 Å². The number of halogens is 1. The van der Waals surface area contributed by atoms with E-state index in [4.69, 9.17) is 11.6 Å². The summed E-state index contributed by atoms with van der Waals surface area (Å²) in [5.41, 5.74) is 0.908. The van der Waals surface area contributed by atoms with Gasteiger partial charge >= 0.3 is 0 Å². The molecule has 6 nitrogen and oxygen atoms in total. The van der Waals surface area contributed by atoms with Gasteiger partial charge in [0.1, 0.15) is 0 Å². The summed E-state index contributed by atoms with van der Waals surface area (Å²) < 4.78 is 26.3. The molecule has 0 bridgehead atoms. The number of nitrogens with one attached hydrogen (secondary N) is 2. The van der Waals surface area contributed by atoms with Crippen molar-refractivity contribution in [2.45, 2.75) is 12.8 Å². The summed E-state index contributed by atoms with van der Waals surface area (Å²) in [6, 6.07) is 15.0. The van der Waals surface area contributed by atoms with E-state index in [0.29, 0.717) is 16.3 Å². The van der Waals surface area contributed by atoms with Crippen LogP contribution in [-0.4, -0.2) is 32.4 Å². The maximum atomic E-state index is 12.0. The minimum Gasteiger partial charge on any atom is -0.355 e. The molecule has 0 radical (unpaired) electrons. The maximum absolute atomic E-state index is 12.0. The van der Waals surface area contributed by atoms with Gasteiger partial charge in [-0.25, -0.2) is 8.42 Å². The third-order valence-corrected chi connectivity index (χ3v) is 4.99. The first kappa shape index (κ1) is 19.9. The van der Waals surface area contributed by atoms with Crippen molar-refractivity contribution < 1.29 is 18.0 Å². The van der Waals surface area contributed by atoms with Crippen molar-refractivity contribution in [1.82, 2.24) is 5.32 Å². The molecule has 0 atom stereocenters. The van der Waals surface area contributed by atoms with Crippen molar-refractivity contribution in [3.05, 3.63) is 65.2 Å². The van der Waals surface area contributed by atoms with Crippen molar-refractivity contribution in [2.24, 2.45) is 0 Å². The Kier molecular flexibility index (Phi) is 7.17. The van der Waals surface area contributed by atoms with Gasteiger partial charge in [0.05, 0.1) is 5.75 Å². The molecule has 8 heteroatoms. The highest BCUT2D eigenvalue weighted by Gasteiger charge is 2.13. The number of rotatable bonds is 9. The fraction of sp³-hybridized carbons (Fsp3) is 0.222. The second kappa shape index (κ2) is 9.35. The van der Waals surface area contributed by atoms with Gasteiger partial charge in [0, 0.05) is 35.7 Å². The highest BCUT2D eigenvalue weighted by atomic mass is 35.5. The molecule has 2 aromatic rings. The zero-order chi connectivity index (χ0) is 19.0. The van der Waals surface area contributed by atoms with E-state index in [9.17, 15) is 18.0 Å². The Bertz CT molecular complexity index is 870. The molecular weight excluding hydrogens is 376 g/mol. The van der Waals surface area contributed by atoms with Crippen molar-refractivity contribution >= 4 is 39.0 Å². The number of sulfonamides is 1. The molecule has 0 saturated carbocycles. The average molecular weight is 395 g/mol. The Hall–Kier alpha value is -2.38. The highest BCUT2D eigenvalue weighted by molar-refractivity contribution is 7.92. The largest absolute Gasteiger partial charge is 0.355 e. The molecule has 2 N–H and O–H groups in total. The number of hydrogen-bond acceptors (Lipinski definition) is 4. The molecule has 0 aliphatic carbocycles. The van der Waals surface area contributed by atoms with E-state index >= 15 is 0 Å². The van der Waals surface area contributed by atoms with E-state index in [1.54, 1.807) is 54.6 Å². The number of ketones is 1. The SMILES string of the molecule is O=C(CCC(=O)c1cccc(Cl)c1)NCCS(=O)(=O)Nc1ccccc1. The van der Waals surface area contributed by atoms with Gasteiger partial charge in [-0.3, -0.25) is 14.3 Å². The van der Waals surface area contributed by atoms with Crippen LogP contribution in [0.25, 0.3) is 0 Å². The van der Waals surface area contributed by atoms with Crippen molar-refractivity contribution in [2.75, 3.05) is 17.0 Å². The molecule has 0 heterocycles. The number of amides is 1. The molecule has 0 saturated heterocycles. The lowest BCUT2D eigenvalue weighted by Gasteiger charge is -2.09. The molecule has 0 unspecified atom stereocenters. The Morgan fingerprint density at radius 1 is 0.962 bits per heavy atom. The van der Waals surface area contributed by atoms with Crippen LogP contribution in [-0.2, 0) is 14.8 Å². The molecule has 2 rings (SSSR count). The first-order valence-electron chi connectivity index (χ1n) is 7.97. The Morgan fingerprint density at radius 3 is 2.38 bits per heavy atom. The van der Waals surface area contributed by atoms with Crippen molar-refractivity contribution in [3.8, 4) is 0 Å². The van der Waals surface area contributed by atoms with Crippen LogP contribution in [0.5, 0.6) is 0 Å². The Balaban J connectivity index is 1.72. The summed E-state index contributed by atoms with van der Waals surface area (Å²) in [6.07, 6.45) is 0.0126. The Labute approximate surface area is 157 Å². The fourth-order valence-corrected chi connectivity index (χ4v) is 3.34. The lowest BCUT2D eigenvalue weighted by atomic mass is 10.1. The van der Waals surface area contributed by atoms with Gasteiger partial charge in [-0.15, -0.1) is 0 Å². The Morgan fingerprint density at radius 2 is 1.69 bits per heavy atom. The molecule has 0 aromatic heterocycles. The lowest BCUT2D eigenvalue weighted by molar-refractivity contribution is -0.120. The van der Waals surface area contributed by atoms with Crippen molar-refractivity contribution in [3.63, 3.8) is 0 Å². The van der Waals surface area contributed by atoms with Gasteiger partial charge < -0.3 is 5.32 Å². The quantitative estimate of drug-likeness (QED) is 0.639. The van der Waals surface area contributed by atoms with Crippen LogP contribution in [0.15, 0.2) is 54.6 Å². The van der Waals surface area contributed by atoms with E-state index < -0.39 is 10.0 Å². The number of carbonyl (C=O) groups excluding carboxylic acids is 2. The number of carbonyl (C=O) groups is 2. The molecule has 0 spiro atoms. The molecule has 0 fully saturated rings. The summed E-state index contributed by atoms with van der Waals surface area (Å²) in [7, 11) is -3.56. The molecule has 26 heavy (non-hydrogen) atoms. The van der Waals surface area contributed by atoms with E-state index in [1.807, 2.05) is 0 Å². The molecule has 138 valence electrons. The summed E-state index contributed by atoms with van der Waals surface area (Å²) in [5.74, 6) is -0.827. The monoisotopic (exact) mass is 394 g/mol. The maximum Gasteiger partial charge on any atom is 0.234 e.